The van der Waals surface area contributed by atoms with Gasteiger partial charge in [-0.15, -0.1) is 0 Å². The highest BCUT2D eigenvalue weighted by molar-refractivity contribution is 5.23. The highest BCUT2D eigenvalue weighted by Gasteiger charge is 2.02. The number of hydrogen-bond donors (Lipinski definition) is 1. The van der Waals surface area contributed by atoms with Gasteiger partial charge in [0.25, 0.3) is 0 Å². The van der Waals surface area contributed by atoms with Crippen LogP contribution in [-0.4, -0.2) is 17.2 Å². The third kappa shape index (κ3) is 1.65. The first kappa shape index (κ1) is 7.94. The molecule has 0 aliphatic rings. The van der Waals surface area contributed by atoms with Crippen molar-refractivity contribution in [2.75, 3.05) is 7.11 Å². The van der Waals surface area contributed by atoms with Gasteiger partial charge < -0.3 is 9.84 Å². The first-order valence-electron chi connectivity index (χ1n) is 3.07. The predicted octanol–water partition coefficient (Wildman–Crippen LogP) is 0.722. The summed E-state index contributed by atoms with van der Waals surface area (Å²) in [5.41, 5.74) is 0.143. The largest absolute Gasteiger partial charge is 0.495 e. The predicted molar refractivity (Wildman–Crippen MR) is 36.7 cm³/mol. The number of aliphatic hydroxyl groups is 1. The second kappa shape index (κ2) is 3.30. The van der Waals surface area contributed by atoms with E-state index >= 15 is 0 Å². The van der Waals surface area contributed by atoms with Crippen molar-refractivity contribution in [1.29, 1.82) is 0 Å². The molecule has 0 spiro atoms. The molecule has 0 saturated carbocycles. The van der Waals surface area contributed by atoms with Crippen molar-refractivity contribution in [2.24, 2.45) is 0 Å². The van der Waals surface area contributed by atoms with Crippen molar-refractivity contribution in [1.82, 2.24) is 4.98 Å². The quantitative estimate of drug-likeness (QED) is 0.643. The summed E-state index contributed by atoms with van der Waals surface area (Å²) < 4.78 is 17.4. The molecular weight excluding hydrogens is 149 g/mol. The lowest BCUT2D eigenvalue weighted by Gasteiger charge is -2.01. The van der Waals surface area contributed by atoms with E-state index in [2.05, 4.69) is 4.98 Å². The van der Waals surface area contributed by atoms with E-state index < -0.39 is 5.95 Å². The summed E-state index contributed by atoms with van der Waals surface area (Å²) in [5.74, 6) is -0.219. The number of rotatable bonds is 2. The minimum absolute atomic E-state index is 0.143. The fourth-order valence-corrected chi connectivity index (χ4v) is 0.694. The van der Waals surface area contributed by atoms with E-state index in [9.17, 15) is 4.39 Å². The lowest BCUT2D eigenvalue weighted by molar-refractivity contribution is 0.272. The standard InChI is InChI=1S/C7H8FNO2/c1-11-6-2-5(4-10)7(8)9-3-6/h2-3,10H,4H2,1H3. The Kier molecular flexibility index (Phi) is 2.38. The van der Waals surface area contributed by atoms with Crippen LogP contribution in [0.4, 0.5) is 4.39 Å². The minimum atomic E-state index is -0.659. The Morgan fingerprint density at radius 2 is 2.45 bits per heavy atom. The van der Waals surface area contributed by atoms with Crippen LogP contribution in [0, 0.1) is 5.95 Å². The SMILES string of the molecule is COc1cnc(F)c(CO)c1. The molecular formula is C7H8FNO2. The van der Waals surface area contributed by atoms with Gasteiger partial charge >= 0.3 is 0 Å². The molecule has 0 amide bonds. The summed E-state index contributed by atoms with van der Waals surface area (Å²) in [7, 11) is 1.45. The van der Waals surface area contributed by atoms with Crippen LogP contribution in [0.25, 0.3) is 0 Å². The van der Waals surface area contributed by atoms with Crippen molar-refractivity contribution >= 4 is 0 Å². The molecule has 1 heterocycles. The molecule has 4 heteroatoms. The van der Waals surface area contributed by atoms with Crippen molar-refractivity contribution in [2.45, 2.75) is 6.61 Å². The summed E-state index contributed by atoms with van der Waals surface area (Å²) >= 11 is 0. The lowest BCUT2D eigenvalue weighted by Crippen LogP contribution is -1.94. The van der Waals surface area contributed by atoms with Gasteiger partial charge in [-0.2, -0.15) is 4.39 Å². The maximum Gasteiger partial charge on any atom is 0.218 e. The summed E-state index contributed by atoms with van der Waals surface area (Å²) in [6.07, 6.45) is 1.26. The molecule has 0 radical (unpaired) electrons. The average molecular weight is 157 g/mol. The molecule has 11 heavy (non-hydrogen) atoms. The molecule has 0 aliphatic carbocycles. The normalized spacial score (nSPS) is 9.73. The molecule has 1 aromatic heterocycles. The number of nitrogens with zero attached hydrogens (tertiary/aromatic N) is 1. The molecule has 3 nitrogen and oxygen atoms in total. The Morgan fingerprint density at radius 3 is 3.00 bits per heavy atom. The second-order valence-electron chi connectivity index (χ2n) is 1.98. The second-order valence-corrected chi connectivity index (χ2v) is 1.98. The van der Waals surface area contributed by atoms with Gasteiger partial charge in [-0.3, -0.25) is 0 Å². The van der Waals surface area contributed by atoms with Gasteiger partial charge in [0.05, 0.1) is 19.9 Å². The van der Waals surface area contributed by atoms with Crippen molar-refractivity contribution < 1.29 is 14.2 Å². The average Bonchev–Trinajstić information content (AvgIpc) is 2.05. The molecule has 0 aliphatic heterocycles. The molecule has 1 N–H and O–H groups in total. The molecule has 0 unspecified atom stereocenters. The lowest BCUT2D eigenvalue weighted by atomic mass is 10.3. The molecule has 1 aromatic rings. The van der Waals surface area contributed by atoms with Gasteiger partial charge in [-0.1, -0.05) is 0 Å². The van der Waals surface area contributed by atoms with E-state index in [0.29, 0.717) is 5.75 Å². The van der Waals surface area contributed by atoms with Crippen LogP contribution < -0.4 is 4.74 Å². The van der Waals surface area contributed by atoms with Crippen LogP contribution in [0.2, 0.25) is 0 Å². The number of pyridine rings is 1. The fourth-order valence-electron chi connectivity index (χ4n) is 0.694. The Bertz CT molecular complexity index is 252. The Labute approximate surface area is 63.5 Å². The van der Waals surface area contributed by atoms with Gasteiger partial charge in [0.1, 0.15) is 5.75 Å². The van der Waals surface area contributed by atoms with E-state index in [-0.39, 0.29) is 12.2 Å². The molecule has 0 saturated heterocycles. The summed E-state index contributed by atoms with van der Waals surface area (Å²) in [5, 5.41) is 8.60. The molecule has 0 fully saturated rings. The monoisotopic (exact) mass is 157 g/mol. The van der Waals surface area contributed by atoms with Gasteiger partial charge in [-0.05, 0) is 6.07 Å². The van der Waals surface area contributed by atoms with Gasteiger partial charge in [0.2, 0.25) is 5.95 Å². The topological polar surface area (TPSA) is 42.4 Å². The first-order chi connectivity index (χ1) is 5.27. The highest BCUT2D eigenvalue weighted by Crippen LogP contribution is 2.12. The zero-order chi connectivity index (χ0) is 8.27. The smallest absolute Gasteiger partial charge is 0.218 e. The van der Waals surface area contributed by atoms with Crippen LogP contribution in [0.1, 0.15) is 5.56 Å². The molecule has 0 bridgehead atoms. The molecule has 60 valence electrons. The number of ether oxygens (including phenoxy) is 1. The van der Waals surface area contributed by atoms with Crippen LogP contribution in [-0.2, 0) is 6.61 Å². The van der Waals surface area contributed by atoms with Crippen LogP contribution in [0.3, 0.4) is 0 Å². The van der Waals surface area contributed by atoms with E-state index in [4.69, 9.17) is 9.84 Å². The molecule has 0 aromatic carbocycles. The first-order valence-corrected chi connectivity index (χ1v) is 3.07. The highest BCUT2D eigenvalue weighted by atomic mass is 19.1. The number of methoxy groups -OCH3 is 1. The van der Waals surface area contributed by atoms with Gasteiger partial charge in [0, 0.05) is 5.56 Å². The molecule has 1 rings (SSSR count). The van der Waals surface area contributed by atoms with Gasteiger partial charge in [-0.25, -0.2) is 4.98 Å². The Hall–Kier alpha value is -1.16. The summed E-state index contributed by atoms with van der Waals surface area (Å²) in [6, 6.07) is 1.41. The van der Waals surface area contributed by atoms with E-state index in [1.165, 1.54) is 19.4 Å². The van der Waals surface area contributed by atoms with Crippen LogP contribution in [0.5, 0.6) is 5.75 Å². The summed E-state index contributed by atoms with van der Waals surface area (Å²) in [4.78, 5) is 3.37. The van der Waals surface area contributed by atoms with E-state index in [1.54, 1.807) is 0 Å². The zero-order valence-corrected chi connectivity index (χ0v) is 6.04. The van der Waals surface area contributed by atoms with Gasteiger partial charge in [0.15, 0.2) is 0 Å². The third-order valence-electron chi connectivity index (χ3n) is 1.29. The number of aliphatic hydroxyl groups excluding tert-OH is 1. The van der Waals surface area contributed by atoms with E-state index in [1.807, 2.05) is 0 Å². The molecule has 0 atom stereocenters. The Morgan fingerprint density at radius 1 is 1.73 bits per heavy atom. The van der Waals surface area contributed by atoms with Crippen molar-refractivity contribution in [3.63, 3.8) is 0 Å². The minimum Gasteiger partial charge on any atom is -0.495 e. The van der Waals surface area contributed by atoms with Crippen LogP contribution in [0.15, 0.2) is 12.3 Å². The third-order valence-corrected chi connectivity index (χ3v) is 1.29. The zero-order valence-electron chi connectivity index (χ0n) is 6.04. The Balaban J connectivity index is 3.02. The summed E-state index contributed by atoms with van der Waals surface area (Å²) in [6.45, 7) is -0.365. The number of halogens is 1. The van der Waals surface area contributed by atoms with Crippen molar-refractivity contribution in [3.05, 3.63) is 23.8 Å². The van der Waals surface area contributed by atoms with E-state index in [0.717, 1.165) is 0 Å². The van der Waals surface area contributed by atoms with Crippen LogP contribution >= 0.6 is 0 Å². The number of aromatic nitrogens is 1. The maximum absolute atomic E-state index is 12.6. The maximum atomic E-state index is 12.6. The van der Waals surface area contributed by atoms with Crippen molar-refractivity contribution in [3.8, 4) is 5.75 Å². The fraction of sp³-hybridized carbons (Fsp3) is 0.286. The number of hydrogen-bond acceptors (Lipinski definition) is 3.